The van der Waals surface area contributed by atoms with Gasteiger partial charge in [0.2, 0.25) is 0 Å². The van der Waals surface area contributed by atoms with Gasteiger partial charge in [-0.1, -0.05) is 34.2 Å². The fraction of sp³-hybridized carbons (Fsp3) is 0.143. The number of phenols is 1. The predicted molar refractivity (Wildman–Crippen MR) is 50.8 cm³/mol. The Morgan fingerprint density at radius 2 is 2.10 bits per heavy atom. The van der Waals surface area contributed by atoms with Crippen LogP contribution < -0.4 is 0 Å². The second-order valence-electron chi connectivity index (χ2n) is 1.95. The maximum Gasteiger partial charge on any atom is 0.117 e. The number of phenolic OH excluding ortho intramolecular Hbond substituents is 1. The average molecular weight is 268 g/mol. The molecule has 1 aromatic carbocycles. The van der Waals surface area contributed by atoms with Crippen LogP contribution in [0.1, 0.15) is 5.56 Å². The van der Waals surface area contributed by atoms with Gasteiger partial charge in [-0.25, -0.2) is 0 Å². The molecule has 1 nitrogen and oxygen atoms in total. The Labute approximate surface area is 78.2 Å². The molecule has 0 aliphatic heterocycles. The molecule has 0 radical (unpaired) electrons. The lowest BCUT2D eigenvalue weighted by molar-refractivity contribution is 0.475. The first-order valence-electron chi connectivity index (χ1n) is 2.77. The van der Waals surface area contributed by atoms with Gasteiger partial charge in [0, 0.05) is 9.45 Å². The van der Waals surface area contributed by atoms with Gasteiger partial charge >= 0.3 is 0 Å². The quantitative estimate of drug-likeness (QED) is 0.613. The van der Waals surface area contributed by atoms with Crippen molar-refractivity contribution in [3.05, 3.63) is 28.8 Å². The highest BCUT2D eigenvalue weighted by Gasteiger charge is 1.95. The Bertz CT molecular complexity index is 217. The molecular weight excluding hydrogens is 262 g/mol. The van der Waals surface area contributed by atoms with Gasteiger partial charge in [-0.15, -0.1) is 0 Å². The van der Waals surface area contributed by atoms with E-state index in [-0.39, 0.29) is 5.75 Å². The average Bonchev–Trinajstić information content (AvgIpc) is 1.85. The highest BCUT2D eigenvalue weighted by atomic mass is 127. The summed E-state index contributed by atoms with van der Waals surface area (Å²) in [4.78, 5) is 0. The molecule has 0 saturated carbocycles. The van der Waals surface area contributed by atoms with Crippen LogP contribution >= 0.6 is 34.2 Å². The molecular formula is C7H6ClIO. The molecule has 10 heavy (non-hydrogen) atoms. The summed E-state index contributed by atoms with van der Waals surface area (Å²) in [7, 11) is 0. The summed E-state index contributed by atoms with van der Waals surface area (Å²) in [6, 6.07) is 5.07. The van der Waals surface area contributed by atoms with E-state index >= 15 is 0 Å². The van der Waals surface area contributed by atoms with Crippen LogP contribution in [0.5, 0.6) is 5.75 Å². The van der Waals surface area contributed by atoms with E-state index < -0.39 is 0 Å². The maximum atomic E-state index is 9.04. The maximum absolute atomic E-state index is 9.04. The number of rotatable bonds is 1. The minimum Gasteiger partial charge on any atom is -0.508 e. The molecule has 0 unspecified atom stereocenters. The van der Waals surface area contributed by atoms with Gasteiger partial charge in [0.05, 0.1) is 0 Å². The summed E-state index contributed by atoms with van der Waals surface area (Å²) in [5, 5.41) is 9.63. The fourth-order valence-electron chi connectivity index (χ4n) is 0.710. The molecule has 0 fully saturated rings. The molecule has 1 rings (SSSR count). The molecule has 0 heterocycles. The van der Waals surface area contributed by atoms with Crippen LogP contribution in [0.4, 0.5) is 0 Å². The van der Waals surface area contributed by atoms with Crippen molar-refractivity contribution in [2.75, 3.05) is 0 Å². The third-order valence-electron chi connectivity index (χ3n) is 1.10. The fourth-order valence-corrected chi connectivity index (χ4v) is 1.40. The number of hydrogen-bond acceptors (Lipinski definition) is 1. The highest BCUT2D eigenvalue weighted by Crippen LogP contribution is 2.20. The van der Waals surface area contributed by atoms with Gasteiger partial charge in [-0.3, -0.25) is 0 Å². The normalized spacial score (nSPS) is 9.80. The van der Waals surface area contributed by atoms with E-state index in [0.717, 1.165) is 9.99 Å². The molecule has 0 aromatic heterocycles. The van der Waals surface area contributed by atoms with E-state index in [1.807, 2.05) is 6.07 Å². The number of hydrogen-bond donors (Lipinski definition) is 1. The molecule has 1 aromatic rings. The Kier molecular flexibility index (Phi) is 2.80. The van der Waals surface area contributed by atoms with Gasteiger partial charge in [-0.05, 0) is 23.8 Å². The zero-order chi connectivity index (χ0) is 7.56. The van der Waals surface area contributed by atoms with Gasteiger partial charge in [0.15, 0.2) is 0 Å². The van der Waals surface area contributed by atoms with Crippen molar-refractivity contribution in [1.82, 2.24) is 0 Å². The molecule has 0 bridgehead atoms. The van der Waals surface area contributed by atoms with Crippen LogP contribution in [0.15, 0.2) is 18.2 Å². The Morgan fingerprint density at radius 1 is 1.40 bits per heavy atom. The first-order chi connectivity index (χ1) is 4.72. The van der Waals surface area contributed by atoms with E-state index in [9.17, 15) is 0 Å². The van der Waals surface area contributed by atoms with Crippen LogP contribution in [0.25, 0.3) is 0 Å². The lowest BCUT2D eigenvalue weighted by Gasteiger charge is -1.97. The van der Waals surface area contributed by atoms with Crippen LogP contribution in [0.2, 0.25) is 5.02 Å². The van der Waals surface area contributed by atoms with Crippen molar-refractivity contribution in [3.63, 3.8) is 0 Å². The standard InChI is InChI=1S/C7H6ClIO/c8-6-1-5(4-9)2-7(10)3-6/h1-3,10H,4H2. The zero-order valence-electron chi connectivity index (χ0n) is 5.14. The topological polar surface area (TPSA) is 20.2 Å². The van der Waals surface area contributed by atoms with Crippen LogP contribution in [-0.2, 0) is 4.43 Å². The third-order valence-corrected chi connectivity index (χ3v) is 2.20. The predicted octanol–water partition coefficient (Wildman–Crippen LogP) is 2.98. The number of benzene rings is 1. The second kappa shape index (κ2) is 3.44. The summed E-state index contributed by atoms with van der Waals surface area (Å²) < 4.78 is 0.867. The van der Waals surface area contributed by atoms with Crippen molar-refractivity contribution in [2.24, 2.45) is 0 Å². The molecule has 0 saturated heterocycles. The van der Waals surface area contributed by atoms with E-state index in [2.05, 4.69) is 22.6 Å². The summed E-state index contributed by atoms with van der Waals surface area (Å²) in [6.07, 6.45) is 0. The molecule has 0 amide bonds. The van der Waals surface area contributed by atoms with Crippen LogP contribution in [-0.4, -0.2) is 5.11 Å². The second-order valence-corrected chi connectivity index (χ2v) is 3.15. The lowest BCUT2D eigenvalue weighted by Crippen LogP contribution is -1.75. The first-order valence-corrected chi connectivity index (χ1v) is 4.67. The summed E-state index contributed by atoms with van der Waals surface area (Å²) in [5.41, 5.74) is 1.05. The van der Waals surface area contributed by atoms with Crippen molar-refractivity contribution in [1.29, 1.82) is 0 Å². The molecule has 3 heteroatoms. The van der Waals surface area contributed by atoms with Crippen molar-refractivity contribution < 1.29 is 5.11 Å². The molecule has 0 aliphatic carbocycles. The third kappa shape index (κ3) is 2.02. The van der Waals surface area contributed by atoms with E-state index in [4.69, 9.17) is 16.7 Å². The minimum absolute atomic E-state index is 0.235. The number of halogens is 2. The monoisotopic (exact) mass is 268 g/mol. The van der Waals surface area contributed by atoms with Gasteiger partial charge in [-0.2, -0.15) is 0 Å². The van der Waals surface area contributed by atoms with E-state index in [1.54, 1.807) is 6.07 Å². The summed E-state index contributed by atoms with van der Waals surface area (Å²) in [5.74, 6) is 0.235. The molecule has 0 aliphatic rings. The molecule has 1 N–H and O–H groups in total. The largest absolute Gasteiger partial charge is 0.508 e. The number of alkyl halides is 1. The van der Waals surface area contributed by atoms with Crippen molar-refractivity contribution in [3.8, 4) is 5.75 Å². The minimum atomic E-state index is 0.235. The molecule has 54 valence electrons. The smallest absolute Gasteiger partial charge is 0.117 e. The Hall–Kier alpha value is 0.0400. The Balaban J connectivity index is 3.06. The highest BCUT2D eigenvalue weighted by molar-refractivity contribution is 14.1. The van der Waals surface area contributed by atoms with Crippen molar-refractivity contribution >= 4 is 34.2 Å². The van der Waals surface area contributed by atoms with Crippen molar-refractivity contribution in [2.45, 2.75) is 4.43 Å². The lowest BCUT2D eigenvalue weighted by atomic mass is 10.2. The molecule has 0 spiro atoms. The van der Waals surface area contributed by atoms with Gasteiger partial charge in [0.25, 0.3) is 0 Å². The SMILES string of the molecule is Oc1cc(Cl)cc(CI)c1. The number of aromatic hydroxyl groups is 1. The van der Waals surface area contributed by atoms with Crippen LogP contribution in [0.3, 0.4) is 0 Å². The van der Waals surface area contributed by atoms with Gasteiger partial charge in [0.1, 0.15) is 5.75 Å². The van der Waals surface area contributed by atoms with E-state index in [0.29, 0.717) is 5.02 Å². The van der Waals surface area contributed by atoms with E-state index in [1.165, 1.54) is 6.07 Å². The van der Waals surface area contributed by atoms with Gasteiger partial charge < -0.3 is 5.11 Å². The first kappa shape index (κ1) is 8.14. The molecule has 0 atom stereocenters. The summed E-state index contributed by atoms with van der Waals surface area (Å²) in [6.45, 7) is 0. The Morgan fingerprint density at radius 3 is 2.60 bits per heavy atom. The van der Waals surface area contributed by atoms with Crippen LogP contribution in [0, 0.1) is 0 Å². The summed E-state index contributed by atoms with van der Waals surface area (Å²) >= 11 is 7.88. The zero-order valence-corrected chi connectivity index (χ0v) is 8.06.